The minimum Gasteiger partial charge on any atom is -0.490 e. The normalized spacial score (nSPS) is 15.7. The molecular formula is C29H28F3N3O5S2. The first-order valence-electron chi connectivity index (χ1n) is 12.9. The highest BCUT2D eigenvalue weighted by Gasteiger charge is 2.46. The van der Waals surface area contributed by atoms with Crippen molar-refractivity contribution in [2.45, 2.75) is 44.9 Å². The number of ether oxygens (including phenoxy) is 2. The molecule has 8 nitrogen and oxygen atoms in total. The Hall–Kier alpha value is -3.97. The van der Waals surface area contributed by atoms with Crippen LogP contribution >= 0.6 is 11.8 Å². The number of hydrogen-bond donors (Lipinski definition) is 2. The zero-order valence-electron chi connectivity index (χ0n) is 22.6. The summed E-state index contributed by atoms with van der Waals surface area (Å²) in [4.78, 5) is 17.1. The number of carbonyl (C=O) groups is 1. The molecule has 4 rings (SSSR count). The number of halogens is 3. The summed E-state index contributed by atoms with van der Waals surface area (Å²) < 4.78 is 73.5. The Labute approximate surface area is 246 Å². The molecule has 0 bridgehead atoms. The van der Waals surface area contributed by atoms with Gasteiger partial charge in [0.2, 0.25) is 0 Å². The minimum atomic E-state index is -5.52. The van der Waals surface area contributed by atoms with Crippen molar-refractivity contribution in [1.29, 1.82) is 0 Å². The van der Waals surface area contributed by atoms with Gasteiger partial charge in [0.25, 0.3) is 5.91 Å². The number of carbonyl (C=O) groups excluding carboxylic acids is 1. The van der Waals surface area contributed by atoms with E-state index in [-0.39, 0.29) is 22.9 Å². The van der Waals surface area contributed by atoms with E-state index in [0.717, 1.165) is 53.6 Å². The Morgan fingerprint density at radius 3 is 2.33 bits per heavy atom. The van der Waals surface area contributed by atoms with Crippen LogP contribution in [0.15, 0.2) is 82.7 Å². The Morgan fingerprint density at radius 2 is 1.69 bits per heavy atom. The molecule has 42 heavy (non-hydrogen) atoms. The monoisotopic (exact) mass is 619 g/mol. The Balaban J connectivity index is 1.34. The second-order valence-corrected chi connectivity index (χ2v) is 11.8. The number of rotatable bonds is 11. The van der Waals surface area contributed by atoms with E-state index in [4.69, 9.17) is 9.47 Å². The van der Waals surface area contributed by atoms with Crippen LogP contribution in [0.5, 0.6) is 11.5 Å². The smallest absolute Gasteiger partial charge is 0.490 e. The van der Waals surface area contributed by atoms with Crippen LogP contribution in [0.4, 0.5) is 24.5 Å². The summed E-state index contributed by atoms with van der Waals surface area (Å²) >= 11 is 1.09. The molecule has 1 amide bonds. The maximum Gasteiger partial charge on any atom is 0.516 e. The van der Waals surface area contributed by atoms with E-state index in [2.05, 4.69) is 24.2 Å². The van der Waals surface area contributed by atoms with Crippen molar-refractivity contribution in [3.05, 3.63) is 88.8 Å². The van der Waals surface area contributed by atoms with Crippen molar-refractivity contribution < 1.29 is 35.9 Å². The summed E-state index contributed by atoms with van der Waals surface area (Å²) in [6.45, 7) is 4.56. The lowest BCUT2D eigenvalue weighted by atomic mass is 10.2. The first-order valence-corrected chi connectivity index (χ1v) is 15.2. The Kier molecular flexibility index (Phi) is 9.84. The molecule has 1 fully saturated rings. The third-order valence-corrected chi connectivity index (χ3v) is 8.02. The predicted octanol–water partition coefficient (Wildman–Crippen LogP) is 6.99. The van der Waals surface area contributed by atoms with E-state index >= 15 is 0 Å². The number of aliphatic imine (C=N–C) groups is 1. The van der Waals surface area contributed by atoms with Crippen LogP contribution in [-0.4, -0.2) is 31.1 Å². The zero-order valence-corrected chi connectivity index (χ0v) is 24.3. The number of alkyl halides is 3. The van der Waals surface area contributed by atoms with Gasteiger partial charge in [-0.2, -0.15) is 21.6 Å². The van der Waals surface area contributed by atoms with Gasteiger partial charge >= 0.3 is 15.5 Å². The van der Waals surface area contributed by atoms with Crippen LogP contribution in [0.2, 0.25) is 0 Å². The number of amides is 1. The van der Waals surface area contributed by atoms with E-state index < -0.39 is 15.5 Å². The molecule has 0 unspecified atom stereocenters. The fourth-order valence-electron chi connectivity index (χ4n) is 3.75. The van der Waals surface area contributed by atoms with Gasteiger partial charge in [0, 0.05) is 5.69 Å². The highest BCUT2D eigenvalue weighted by Crippen LogP contribution is 2.30. The van der Waals surface area contributed by atoms with E-state index in [0.29, 0.717) is 22.9 Å². The number of thioether (sulfide) groups is 1. The third kappa shape index (κ3) is 8.29. The minimum absolute atomic E-state index is 0.178. The number of benzene rings is 3. The summed E-state index contributed by atoms with van der Waals surface area (Å²) in [6, 6.07) is 20.0. The lowest BCUT2D eigenvalue weighted by Gasteiger charge is -2.16. The van der Waals surface area contributed by atoms with Crippen molar-refractivity contribution in [2.24, 2.45) is 4.99 Å². The quantitative estimate of drug-likeness (QED) is 0.224. The topological polar surface area (TPSA) is 106 Å². The molecule has 222 valence electrons. The summed E-state index contributed by atoms with van der Waals surface area (Å²) in [7, 11) is -5.52. The molecule has 0 atom stereocenters. The van der Waals surface area contributed by atoms with Crippen molar-refractivity contribution in [2.75, 3.05) is 4.72 Å². The fourth-order valence-corrected chi connectivity index (χ4v) is 5.15. The van der Waals surface area contributed by atoms with Crippen LogP contribution in [0.3, 0.4) is 0 Å². The standard InChI is InChI=1S/C29H28F3N3O5S2/c1-3-23(4-2)40-25-7-5-6-20(16-25)18-39-24-14-8-19(9-15-24)17-26-27(36)34-28(41-26)33-21-10-12-22(13-11-21)35-42(37,38)29(30,31)32/h5-17,23,35H,3-4,18H2,1-2H3,(H,33,34,36). The number of nitrogens with one attached hydrogen (secondary N) is 2. The van der Waals surface area contributed by atoms with Gasteiger partial charge in [0.15, 0.2) is 5.17 Å². The van der Waals surface area contributed by atoms with Crippen molar-refractivity contribution in [1.82, 2.24) is 5.32 Å². The highest BCUT2D eigenvalue weighted by atomic mass is 32.2. The second kappa shape index (κ2) is 13.3. The van der Waals surface area contributed by atoms with E-state index in [1.54, 1.807) is 18.2 Å². The molecular weight excluding hydrogens is 591 g/mol. The predicted molar refractivity (Wildman–Crippen MR) is 158 cm³/mol. The highest BCUT2D eigenvalue weighted by molar-refractivity contribution is 8.18. The fraction of sp³-hybridized carbons (Fsp3) is 0.241. The SMILES string of the molecule is CCC(CC)Oc1cccc(COc2ccc(C=C3SC(=Nc4ccc(NS(=O)(=O)C(F)(F)F)cc4)NC3=O)cc2)c1. The molecule has 1 aliphatic heterocycles. The van der Waals surface area contributed by atoms with E-state index in [1.165, 1.54) is 16.9 Å². The number of sulfonamides is 1. The van der Waals surface area contributed by atoms with Gasteiger partial charge in [-0.25, -0.2) is 4.99 Å². The van der Waals surface area contributed by atoms with Gasteiger partial charge < -0.3 is 14.8 Å². The van der Waals surface area contributed by atoms with Crippen LogP contribution in [0.25, 0.3) is 6.08 Å². The molecule has 0 radical (unpaired) electrons. The van der Waals surface area contributed by atoms with Gasteiger partial charge in [-0.05, 0) is 90.3 Å². The van der Waals surface area contributed by atoms with E-state index in [9.17, 15) is 26.4 Å². The number of hydrogen-bond acceptors (Lipinski definition) is 7. The maximum absolute atomic E-state index is 12.5. The molecule has 1 aliphatic rings. The second-order valence-electron chi connectivity index (χ2n) is 9.14. The first kappa shape index (κ1) is 31.0. The molecule has 0 aliphatic carbocycles. The number of nitrogens with zero attached hydrogens (tertiary/aromatic N) is 1. The zero-order chi connectivity index (χ0) is 30.3. The van der Waals surface area contributed by atoms with Gasteiger partial charge in [-0.15, -0.1) is 0 Å². The molecule has 13 heteroatoms. The van der Waals surface area contributed by atoms with Crippen LogP contribution in [-0.2, 0) is 21.4 Å². The van der Waals surface area contributed by atoms with Crippen molar-refractivity contribution in [3.63, 3.8) is 0 Å². The van der Waals surface area contributed by atoms with Crippen LogP contribution < -0.4 is 19.5 Å². The largest absolute Gasteiger partial charge is 0.516 e. The Morgan fingerprint density at radius 1 is 1.00 bits per heavy atom. The van der Waals surface area contributed by atoms with Crippen molar-refractivity contribution in [3.8, 4) is 11.5 Å². The summed E-state index contributed by atoms with van der Waals surface area (Å²) in [6.07, 6.45) is 3.75. The molecule has 0 spiro atoms. The molecule has 1 heterocycles. The first-order chi connectivity index (χ1) is 20.0. The molecule has 2 N–H and O–H groups in total. The molecule has 3 aromatic carbocycles. The molecule has 3 aromatic rings. The summed E-state index contributed by atoms with van der Waals surface area (Å²) in [5.41, 5.74) is -3.65. The lowest BCUT2D eigenvalue weighted by Crippen LogP contribution is -2.29. The average Bonchev–Trinajstić information content (AvgIpc) is 3.29. The average molecular weight is 620 g/mol. The molecule has 0 saturated carbocycles. The van der Waals surface area contributed by atoms with Crippen LogP contribution in [0, 0.1) is 0 Å². The van der Waals surface area contributed by atoms with Crippen LogP contribution in [0.1, 0.15) is 37.8 Å². The van der Waals surface area contributed by atoms with E-state index in [1.807, 2.05) is 36.4 Å². The van der Waals surface area contributed by atoms with Gasteiger partial charge in [-0.3, -0.25) is 9.52 Å². The summed E-state index contributed by atoms with van der Waals surface area (Å²) in [5.74, 6) is 1.12. The lowest BCUT2D eigenvalue weighted by molar-refractivity contribution is -0.115. The van der Waals surface area contributed by atoms with Gasteiger partial charge in [0.05, 0.1) is 16.7 Å². The molecule has 1 saturated heterocycles. The summed E-state index contributed by atoms with van der Waals surface area (Å²) in [5, 5.41) is 2.90. The van der Waals surface area contributed by atoms with Crippen molar-refractivity contribution >= 4 is 50.3 Å². The maximum atomic E-state index is 12.5. The molecule has 0 aromatic heterocycles. The third-order valence-electron chi connectivity index (χ3n) is 6.00. The van der Waals surface area contributed by atoms with Gasteiger partial charge in [0.1, 0.15) is 18.1 Å². The number of amidine groups is 1. The Bertz CT molecular complexity index is 1570. The van der Waals surface area contributed by atoms with Gasteiger partial charge in [-0.1, -0.05) is 38.1 Å². The number of anilines is 1.